The predicted octanol–water partition coefficient (Wildman–Crippen LogP) is 0.0631. The van der Waals surface area contributed by atoms with Gasteiger partial charge in [0.15, 0.2) is 11.2 Å². The molecule has 260 valence electrons. The van der Waals surface area contributed by atoms with Crippen molar-refractivity contribution >= 4 is 41.5 Å². The van der Waals surface area contributed by atoms with E-state index >= 15 is 0 Å². The van der Waals surface area contributed by atoms with Gasteiger partial charge in [-0.25, -0.2) is 16.4 Å². The molecular weight excluding hydrogens is 675 g/mol. The van der Waals surface area contributed by atoms with Gasteiger partial charge in [0.1, 0.15) is 31.3 Å². The number of imidazole rings is 1. The number of H-pyrrole nitrogens is 2. The fraction of sp³-hybridized carbons (Fsp3) is 0.593. The first-order chi connectivity index (χ1) is 22.8. The standard InChI is InChI=1S/C27H35N8O11PS/c1-13(2)23(38)31-26-30-22-21(25(40)32-26)29-12-35(22)20-8-16(17(10-36)44-20)46-47(48,42-6-5-28-4)43-11-18-15(37)7-19(45-18)34-9-14(3)24(39)33-27(34)41/h9,12-13,15-20,36-37H,5-8,10-11H2,1-3H3,(H,33,39,41)(H2,30,31,32,38,40). The molecule has 5 heterocycles. The molecule has 2 aliphatic heterocycles. The number of hydrogen-bond acceptors (Lipinski definition) is 14. The van der Waals surface area contributed by atoms with Crippen LogP contribution in [-0.4, -0.2) is 96.0 Å². The molecule has 48 heavy (non-hydrogen) atoms. The molecule has 0 radical (unpaired) electrons. The Morgan fingerprint density at radius 3 is 2.62 bits per heavy atom. The van der Waals surface area contributed by atoms with Gasteiger partial charge in [0.05, 0.1) is 31.7 Å². The molecule has 21 heteroatoms. The molecule has 3 aromatic rings. The lowest BCUT2D eigenvalue weighted by molar-refractivity contribution is -0.118. The molecule has 2 saturated heterocycles. The van der Waals surface area contributed by atoms with Gasteiger partial charge in [-0.1, -0.05) is 13.8 Å². The molecule has 0 spiro atoms. The minimum absolute atomic E-state index is 0.00491. The van der Waals surface area contributed by atoms with Crippen LogP contribution in [0, 0.1) is 19.4 Å². The van der Waals surface area contributed by atoms with Gasteiger partial charge in [-0.3, -0.25) is 38.8 Å². The number of hydrogen-bond donors (Lipinski definition) is 5. The first-order valence-corrected chi connectivity index (χ1v) is 17.5. The summed E-state index contributed by atoms with van der Waals surface area (Å²) < 4.78 is 32.4. The number of nitrogens with zero attached hydrogens (tertiary/aromatic N) is 5. The molecule has 0 saturated carbocycles. The van der Waals surface area contributed by atoms with Crippen molar-refractivity contribution in [3.63, 3.8) is 0 Å². The Morgan fingerprint density at radius 1 is 1.19 bits per heavy atom. The zero-order chi connectivity index (χ0) is 34.7. The maximum Gasteiger partial charge on any atom is 0.330 e. The number of nitrogens with one attached hydrogen (secondary N) is 3. The second kappa shape index (κ2) is 14.9. The second-order valence-electron chi connectivity index (χ2n) is 11.4. The van der Waals surface area contributed by atoms with E-state index in [1.54, 1.807) is 13.8 Å². The maximum atomic E-state index is 12.7. The van der Waals surface area contributed by atoms with Gasteiger partial charge in [-0.05, 0) is 18.7 Å². The number of aromatic nitrogens is 6. The van der Waals surface area contributed by atoms with Gasteiger partial charge in [0.25, 0.3) is 11.1 Å². The highest BCUT2D eigenvalue weighted by Gasteiger charge is 2.43. The molecule has 19 nitrogen and oxygen atoms in total. The van der Waals surface area contributed by atoms with E-state index in [0.717, 1.165) is 0 Å². The molecule has 1 amide bonds. The third kappa shape index (κ3) is 7.80. The summed E-state index contributed by atoms with van der Waals surface area (Å²) in [6.45, 7) is 7.33. The van der Waals surface area contributed by atoms with Gasteiger partial charge in [-0.2, -0.15) is 4.98 Å². The number of fused-ring (bicyclic) bond motifs is 1. The van der Waals surface area contributed by atoms with Crippen LogP contribution in [0.25, 0.3) is 16.0 Å². The van der Waals surface area contributed by atoms with Crippen molar-refractivity contribution in [3.8, 4) is 0 Å². The molecule has 0 aliphatic carbocycles. The summed E-state index contributed by atoms with van der Waals surface area (Å²) in [4.78, 5) is 65.4. The number of aromatic amines is 2. The molecule has 7 atom stereocenters. The van der Waals surface area contributed by atoms with E-state index in [4.69, 9.17) is 41.4 Å². The van der Waals surface area contributed by atoms with E-state index < -0.39 is 67.0 Å². The minimum atomic E-state index is -3.69. The SMILES string of the molecule is [C-]#[N+]CCOP(=S)(OCC1OC(n2cc(C)c(=O)[nH]c2=O)CC1O)OC1CC(n2cnc3c(=O)[nH]c(NC(=O)C(C)C)nc32)OC1CO. The van der Waals surface area contributed by atoms with E-state index in [-0.39, 0.29) is 67.1 Å². The number of aryl methyl sites for hydroxylation is 1. The van der Waals surface area contributed by atoms with Gasteiger partial charge in [0, 0.05) is 30.5 Å². The number of aliphatic hydroxyl groups is 2. The van der Waals surface area contributed by atoms with Crippen molar-refractivity contribution in [3.05, 3.63) is 60.7 Å². The van der Waals surface area contributed by atoms with Crippen LogP contribution in [0.4, 0.5) is 5.95 Å². The number of carbonyl (C=O) groups is 1. The number of aliphatic hydroxyl groups excluding tert-OH is 2. The van der Waals surface area contributed by atoms with Gasteiger partial charge in [-0.15, -0.1) is 0 Å². The lowest BCUT2D eigenvalue weighted by atomic mass is 10.2. The molecule has 5 N–H and O–H groups in total. The fourth-order valence-electron chi connectivity index (χ4n) is 5.07. The number of rotatable bonds is 13. The molecule has 0 bridgehead atoms. The zero-order valence-corrected chi connectivity index (χ0v) is 27.8. The highest BCUT2D eigenvalue weighted by Crippen LogP contribution is 2.54. The van der Waals surface area contributed by atoms with Crippen molar-refractivity contribution in [2.45, 2.75) is 70.5 Å². The molecular formula is C27H35N8O11PS. The first-order valence-electron chi connectivity index (χ1n) is 14.9. The van der Waals surface area contributed by atoms with Crippen LogP contribution in [0.1, 0.15) is 44.7 Å². The van der Waals surface area contributed by atoms with E-state index in [9.17, 15) is 29.4 Å². The van der Waals surface area contributed by atoms with Gasteiger partial charge < -0.3 is 38.1 Å². The highest BCUT2D eigenvalue weighted by molar-refractivity contribution is 8.07. The summed E-state index contributed by atoms with van der Waals surface area (Å²) in [7, 11) is 0. The quantitative estimate of drug-likeness (QED) is 0.0896. The van der Waals surface area contributed by atoms with E-state index in [1.807, 2.05) is 0 Å². The summed E-state index contributed by atoms with van der Waals surface area (Å²) >= 11 is 5.67. The van der Waals surface area contributed by atoms with E-state index in [2.05, 4.69) is 30.1 Å². The minimum Gasteiger partial charge on any atom is -0.394 e. The Labute approximate surface area is 277 Å². The van der Waals surface area contributed by atoms with Gasteiger partial charge >= 0.3 is 12.4 Å². The number of carbonyl (C=O) groups excluding carboxylic acids is 1. The lowest BCUT2D eigenvalue weighted by Gasteiger charge is -2.27. The molecule has 7 unspecified atom stereocenters. The summed E-state index contributed by atoms with van der Waals surface area (Å²) in [6.07, 6.45) is -2.84. The largest absolute Gasteiger partial charge is 0.394 e. The average Bonchev–Trinajstić information content (AvgIpc) is 3.74. The summed E-state index contributed by atoms with van der Waals surface area (Å²) in [5, 5.41) is 23.4. The summed E-state index contributed by atoms with van der Waals surface area (Å²) in [5.41, 5.74) is -1.43. The van der Waals surface area contributed by atoms with E-state index in [1.165, 1.54) is 28.6 Å². The Morgan fingerprint density at radius 2 is 1.92 bits per heavy atom. The molecule has 0 aromatic carbocycles. The Bertz CT molecular complexity index is 1920. The van der Waals surface area contributed by atoms with Crippen LogP contribution in [0.2, 0.25) is 0 Å². The first kappa shape index (κ1) is 35.7. The predicted molar refractivity (Wildman–Crippen MR) is 170 cm³/mol. The van der Waals surface area contributed by atoms with Crippen LogP contribution < -0.4 is 22.1 Å². The molecule has 2 aliphatic rings. The smallest absolute Gasteiger partial charge is 0.330 e. The van der Waals surface area contributed by atoms with Crippen molar-refractivity contribution < 1.29 is 38.1 Å². The topological polar surface area (TPSA) is 238 Å². The zero-order valence-electron chi connectivity index (χ0n) is 26.1. The van der Waals surface area contributed by atoms with Crippen LogP contribution >= 0.6 is 6.72 Å². The molecule has 2 fully saturated rings. The highest BCUT2D eigenvalue weighted by atomic mass is 32.5. The summed E-state index contributed by atoms with van der Waals surface area (Å²) in [6, 6.07) is 0. The third-order valence-electron chi connectivity index (χ3n) is 7.64. The van der Waals surface area contributed by atoms with Crippen LogP contribution in [0.5, 0.6) is 0 Å². The lowest BCUT2D eigenvalue weighted by Crippen LogP contribution is -2.33. The van der Waals surface area contributed by atoms with Gasteiger partial charge in [0.2, 0.25) is 18.4 Å². The number of ether oxygens (including phenoxy) is 2. The monoisotopic (exact) mass is 710 g/mol. The Balaban J connectivity index is 1.32. The van der Waals surface area contributed by atoms with Crippen LogP contribution in [0.3, 0.4) is 0 Å². The number of anilines is 1. The number of amides is 1. The molecule has 3 aromatic heterocycles. The Hall–Kier alpha value is -3.64. The maximum absolute atomic E-state index is 12.7. The van der Waals surface area contributed by atoms with Crippen LogP contribution in [0.15, 0.2) is 26.9 Å². The van der Waals surface area contributed by atoms with Crippen molar-refractivity contribution in [2.75, 3.05) is 31.7 Å². The molecule has 5 rings (SSSR count). The van der Waals surface area contributed by atoms with Crippen molar-refractivity contribution in [1.82, 2.24) is 29.1 Å². The third-order valence-corrected chi connectivity index (χ3v) is 10.0. The normalized spacial score (nSPS) is 25.4. The van der Waals surface area contributed by atoms with Crippen molar-refractivity contribution in [2.24, 2.45) is 5.92 Å². The van der Waals surface area contributed by atoms with Crippen molar-refractivity contribution in [1.29, 1.82) is 0 Å². The Kier molecular flexibility index (Phi) is 11.0. The second-order valence-corrected chi connectivity index (χ2v) is 14.4. The van der Waals surface area contributed by atoms with E-state index in [0.29, 0.717) is 0 Å². The van der Waals surface area contributed by atoms with Crippen LogP contribution in [-0.2, 0) is 39.6 Å². The summed E-state index contributed by atoms with van der Waals surface area (Å²) in [5.74, 6) is -0.799. The average molecular weight is 711 g/mol. The fourth-order valence-corrected chi connectivity index (χ4v) is 7.19.